The van der Waals surface area contributed by atoms with Gasteiger partial charge in [0.1, 0.15) is 5.82 Å². The molecular formula is C11H18N4O. The van der Waals surface area contributed by atoms with Crippen molar-refractivity contribution in [3.63, 3.8) is 0 Å². The lowest BCUT2D eigenvalue weighted by Gasteiger charge is -2.10. The van der Waals surface area contributed by atoms with Crippen LogP contribution in [0, 0.1) is 0 Å². The molecule has 1 aromatic heterocycles. The van der Waals surface area contributed by atoms with Crippen LogP contribution in [-0.2, 0) is 11.2 Å². The van der Waals surface area contributed by atoms with E-state index in [-0.39, 0.29) is 5.91 Å². The molecule has 5 heteroatoms. The van der Waals surface area contributed by atoms with Gasteiger partial charge in [-0.2, -0.15) is 0 Å². The first-order valence-corrected chi connectivity index (χ1v) is 5.54. The number of carbonyl (C=O) groups excluding carboxylic acids is 1. The summed E-state index contributed by atoms with van der Waals surface area (Å²) in [6.45, 7) is 3.97. The smallest absolute Gasteiger partial charge is 0.241 e. The van der Waals surface area contributed by atoms with Gasteiger partial charge in [-0.1, -0.05) is 20.3 Å². The number of nitrogens with zero attached hydrogens (tertiary/aromatic N) is 2. The lowest BCUT2D eigenvalue weighted by atomic mass is 10.2. The summed E-state index contributed by atoms with van der Waals surface area (Å²) < 4.78 is 0. The van der Waals surface area contributed by atoms with Gasteiger partial charge in [0, 0.05) is 6.42 Å². The molecule has 1 aromatic rings. The molecule has 0 saturated carbocycles. The highest BCUT2D eigenvalue weighted by Crippen LogP contribution is 2.05. The van der Waals surface area contributed by atoms with E-state index in [2.05, 4.69) is 15.3 Å². The first-order valence-electron chi connectivity index (χ1n) is 5.54. The summed E-state index contributed by atoms with van der Waals surface area (Å²) in [7, 11) is 0. The second-order valence-corrected chi connectivity index (χ2v) is 3.63. The third kappa shape index (κ3) is 3.58. The fraction of sp³-hybridized carbons (Fsp3) is 0.545. The number of nitrogens with two attached hydrogens (primary N) is 1. The minimum Gasteiger partial charge on any atom is -0.322 e. The number of nitrogens with one attached hydrogen (secondary N) is 1. The van der Waals surface area contributed by atoms with Crippen molar-refractivity contribution in [1.82, 2.24) is 9.97 Å². The number of carbonyl (C=O) groups is 1. The summed E-state index contributed by atoms with van der Waals surface area (Å²) in [6.07, 6.45) is 5.55. The van der Waals surface area contributed by atoms with Crippen molar-refractivity contribution in [3.8, 4) is 0 Å². The zero-order valence-corrected chi connectivity index (χ0v) is 9.73. The second-order valence-electron chi connectivity index (χ2n) is 3.63. The molecule has 16 heavy (non-hydrogen) atoms. The van der Waals surface area contributed by atoms with E-state index >= 15 is 0 Å². The normalized spacial score (nSPS) is 12.2. The number of hydrogen-bond donors (Lipinski definition) is 2. The zero-order valence-electron chi connectivity index (χ0n) is 9.73. The largest absolute Gasteiger partial charge is 0.322 e. The van der Waals surface area contributed by atoms with Crippen molar-refractivity contribution in [2.75, 3.05) is 5.32 Å². The van der Waals surface area contributed by atoms with Crippen LogP contribution in [0.4, 0.5) is 5.69 Å². The summed E-state index contributed by atoms with van der Waals surface area (Å²) in [5.74, 6) is 0.575. The van der Waals surface area contributed by atoms with Gasteiger partial charge < -0.3 is 11.1 Å². The second kappa shape index (κ2) is 6.17. The minimum absolute atomic E-state index is 0.185. The Hall–Kier alpha value is -1.49. The fourth-order valence-electron chi connectivity index (χ4n) is 1.28. The number of rotatable bonds is 5. The third-order valence-corrected chi connectivity index (χ3v) is 2.23. The first kappa shape index (κ1) is 12.6. The highest BCUT2D eigenvalue weighted by Gasteiger charge is 2.12. The molecule has 3 N–H and O–H groups in total. The van der Waals surface area contributed by atoms with Gasteiger partial charge in [0.15, 0.2) is 0 Å². The molecule has 1 heterocycles. The maximum Gasteiger partial charge on any atom is 0.241 e. The molecule has 0 bridgehead atoms. The molecule has 88 valence electrons. The standard InChI is InChI=1S/C11H18N4O/c1-3-5-9(12)11(16)15-8-6-13-10(4-2)14-7-8/h6-7,9H,3-5,12H2,1-2H3,(H,15,16). The lowest BCUT2D eigenvalue weighted by molar-refractivity contribution is -0.117. The predicted octanol–water partition coefficient (Wildman–Crippen LogP) is 1.10. The molecule has 5 nitrogen and oxygen atoms in total. The minimum atomic E-state index is -0.462. The van der Waals surface area contributed by atoms with Crippen LogP contribution >= 0.6 is 0 Å². The van der Waals surface area contributed by atoms with Crippen molar-refractivity contribution >= 4 is 11.6 Å². The topological polar surface area (TPSA) is 80.9 Å². The summed E-state index contributed by atoms with van der Waals surface area (Å²) in [4.78, 5) is 19.7. The van der Waals surface area contributed by atoms with E-state index in [0.29, 0.717) is 12.1 Å². The number of aromatic nitrogens is 2. The van der Waals surface area contributed by atoms with Crippen LogP contribution in [0.3, 0.4) is 0 Å². The number of aryl methyl sites for hydroxylation is 1. The fourth-order valence-corrected chi connectivity index (χ4v) is 1.28. The van der Waals surface area contributed by atoms with Crippen LogP contribution in [0.5, 0.6) is 0 Å². The number of amides is 1. The van der Waals surface area contributed by atoms with Gasteiger partial charge >= 0.3 is 0 Å². The average Bonchev–Trinajstić information content (AvgIpc) is 2.30. The van der Waals surface area contributed by atoms with Gasteiger partial charge in [-0.25, -0.2) is 9.97 Å². The highest BCUT2D eigenvalue weighted by atomic mass is 16.2. The molecule has 1 rings (SSSR count). The molecule has 1 atom stereocenters. The molecule has 0 radical (unpaired) electrons. The molecular weight excluding hydrogens is 204 g/mol. The summed E-state index contributed by atoms with van der Waals surface area (Å²) in [5.41, 5.74) is 6.27. The Morgan fingerprint density at radius 1 is 1.44 bits per heavy atom. The van der Waals surface area contributed by atoms with Gasteiger partial charge in [0.05, 0.1) is 24.1 Å². The Bertz CT molecular complexity index is 336. The Morgan fingerprint density at radius 3 is 2.56 bits per heavy atom. The third-order valence-electron chi connectivity index (χ3n) is 2.23. The van der Waals surface area contributed by atoms with Gasteiger partial charge in [0.2, 0.25) is 5.91 Å². The molecule has 1 amide bonds. The monoisotopic (exact) mass is 222 g/mol. The summed E-state index contributed by atoms with van der Waals surface area (Å²) in [5, 5.41) is 2.69. The first-order chi connectivity index (χ1) is 7.67. The van der Waals surface area contributed by atoms with Gasteiger partial charge in [0.25, 0.3) is 0 Å². The van der Waals surface area contributed by atoms with Crippen molar-refractivity contribution in [2.45, 2.75) is 39.2 Å². The SMILES string of the molecule is CCCC(N)C(=O)Nc1cnc(CC)nc1. The van der Waals surface area contributed by atoms with Gasteiger partial charge in [-0.05, 0) is 6.42 Å². The van der Waals surface area contributed by atoms with E-state index in [1.165, 1.54) is 0 Å². The van der Waals surface area contributed by atoms with Crippen LogP contribution in [0.25, 0.3) is 0 Å². The van der Waals surface area contributed by atoms with Crippen molar-refractivity contribution < 1.29 is 4.79 Å². The molecule has 1 unspecified atom stereocenters. The molecule has 0 spiro atoms. The van der Waals surface area contributed by atoms with E-state index in [0.717, 1.165) is 18.7 Å². The van der Waals surface area contributed by atoms with E-state index in [1.807, 2.05) is 13.8 Å². The quantitative estimate of drug-likeness (QED) is 0.781. The molecule has 0 aliphatic rings. The summed E-state index contributed by atoms with van der Waals surface area (Å²) >= 11 is 0. The molecule has 0 aliphatic heterocycles. The van der Waals surface area contributed by atoms with Crippen LogP contribution in [0.2, 0.25) is 0 Å². The molecule has 0 fully saturated rings. The maximum absolute atomic E-state index is 11.6. The highest BCUT2D eigenvalue weighted by molar-refractivity contribution is 5.94. The van der Waals surface area contributed by atoms with Crippen LogP contribution < -0.4 is 11.1 Å². The van der Waals surface area contributed by atoms with Gasteiger partial charge in [-0.15, -0.1) is 0 Å². The number of hydrogen-bond acceptors (Lipinski definition) is 4. The zero-order chi connectivity index (χ0) is 12.0. The van der Waals surface area contributed by atoms with E-state index in [4.69, 9.17) is 5.73 Å². The maximum atomic E-state index is 11.6. The van der Waals surface area contributed by atoms with E-state index in [1.54, 1.807) is 12.4 Å². The molecule has 0 aliphatic carbocycles. The number of anilines is 1. The van der Waals surface area contributed by atoms with E-state index in [9.17, 15) is 4.79 Å². The summed E-state index contributed by atoms with van der Waals surface area (Å²) in [6, 6.07) is -0.462. The van der Waals surface area contributed by atoms with Crippen LogP contribution in [0.1, 0.15) is 32.5 Å². The van der Waals surface area contributed by atoms with Gasteiger partial charge in [-0.3, -0.25) is 4.79 Å². The molecule has 0 aromatic carbocycles. The molecule has 0 saturated heterocycles. The Morgan fingerprint density at radius 2 is 2.06 bits per heavy atom. The Kier molecular flexibility index (Phi) is 4.85. The van der Waals surface area contributed by atoms with E-state index < -0.39 is 6.04 Å². The Balaban J connectivity index is 2.55. The predicted molar refractivity (Wildman–Crippen MR) is 62.9 cm³/mol. The van der Waals surface area contributed by atoms with Crippen molar-refractivity contribution in [3.05, 3.63) is 18.2 Å². The van der Waals surface area contributed by atoms with Crippen molar-refractivity contribution in [1.29, 1.82) is 0 Å². The lowest BCUT2D eigenvalue weighted by Crippen LogP contribution is -2.35. The van der Waals surface area contributed by atoms with Crippen molar-refractivity contribution in [2.24, 2.45) is 5.73 Å². The van der Waals surface area contributed by atoms with Crippen LogP contribution in [0.15, 0.2) is 12.4 Å². The Labute approximate surface area is 95.5 Å². The average molecular weight is 222 g/mol. The van der Waals surface area contributed by atoms with Crippen LogP contribution in [-0.4, -0.2) is 21.9 Å².